The molecule has 120 valence electrons. The van der Waals surface area contributed by atoms with Crippen molar-refractivity contribution < 1.29 is 0 Å². The van der Waals surface area contributed by atoms with Gasteiger partial charge in [-0.2, -0.15) is 0 Å². The van der Waals surface area contributed by atoms with E-state index in [4.69, 9.17) is 0 Å². The van der Waals surface area contributed by atoms with Gasteiger partial charge in [-0.1, -0.05) is 24.5 Å². The van der Waals surface area contributed by atoms with Gasteiger partial charge in [0, 0.05) is 18.7 Å². The second-order valence-electron chi connectivity index (χ2n) is 6.60. The molecule has 4 heteroatoms. The Morgan fingerprint density at radius 2 is 1.91 bits per heavy atom. The molecule has 2 aliphatic rings. The van der Waals surface area contributed by atoms with Crippen LogP contribution in [-0.4, -0.2) is 22.6 Å². The summed E-state index contributed by atoms with van der Waals surface area (Å²) in [6.07, 6.45) is 14.0. The van der Waals surface area contributed by atoms with Crippen LogP contribution in [0.25, 0.3) is 0 Å². The number of anilines is 2. The maximum atomic E-state index is 4.52. The zero-order valence-electron chi connectivity index (χ0n) is 13.7. The van der Waals surface area contributed by atoms with Gasteiger partial charge in [-0.15, -0.1) is 0 Å². The molecular formula is C18H28N4. The molecule has 2 aliphatic carbocycles. The van der Waals surface area contributed by atoms with E-state index in [2.05, 4.69) is 32.7 Å². The molecule has 22 heavy (non-hydrogen) atoms. The minimum Gasteiger partial charge on any atom is -0.370 e. The van der Waals surface area contributed by atoms with Crippen LogP contribution < -0.4 is 10.6 Å². The second-order valence-corrected chi connectivity index (χ2v) is 6.60. The lowest BCUT2D eigenvalue weighted by Gasteiger charge is -2.15. The number of hydrogen-bond acceptors (Lipinski definition) is 4. The van der Waals surface area contributed by atoms with E-state index in [1.54, 1.807) is 5.57 Å². The lowest BCUT2D eigenvalue weighted by atomic mass is 9.97. The van der Waals surface area contributed by atoms with Gasteiger partial charge in [0.2, 0.25) is 0 Å². The molecule has 2 N–H and O–H groups in total. The fourth-order valence-corrected chi connectivity index (χ4v) is 3.49. The van der Waals surface area contributed by atoms with Crippen LogP contribution in [0.5, 0.6) is 0 Å². The molecule has 0 radical (unpaired) electrons. The molecule has 1 heterocycles. The molecule has 1 saturated carbocycles. The van der Waals surface area contributed by atoms with Gasteiger partial charge in [0.1, 0.15) is 17.5 Å². The molecule has 0 spiro atoms. The Kier molecular flexibility index (Phi) is 5.30. The minimum absolute atomic E-state index is 0.592. The lowest BCUT2D eigenvalue weighted by Crippen LogP contribution is -2.16. The van der Waals surface area contributed by atoms with Gasteiger partial charge in [-0.3, -0.25) is 0 Å². The molecule has 1 fully saturated rings. The summed E-state index contributed by atoms with van der Waals surface area (Å²) in [5, 5.41) is 7.03. The Hall–Kier alpha value is -1.58. The second kappa shape index (κ2) is 7.61. The summed E-state index contributed by atoms with van der Waals surface area (Å²) in [4.78, 5) is 9.03. The van der Waals surface area contributed by atoms with Crippen molar-refractivity contribution in [3.63, 3.8) is 0 Å². The van der Waals surface area contributed by atoms with E-state index in [1.807, 2.05) is 6.92 Å². The van der Waals surface area contributed by atoms with Crippen LogP contribution >= 0.6 is 0 Å². The van der Waals surface area contributed by atoms with E-state index >= 15 is 0 Å². The van der Waals surface area contributed by atoms with E-state index in [0.29, 0.717) is 6.04 Å². The van der Waals surface area contributed by atoms with E-state index < -0.39 is 0 Å². The molecule has 0 amide bonds. The van der Waals surface area contributed by atoms with Crippen molar-refractivity contribution in [2.75, 3.05) is 17.2 Å². The standard InChI is InChI=1S/C18H28N4/c1-14-20-17(19-12-11-15-7-3-2-4-8-15)13-18(21-14)22-16-9-5-6-10-16/h7,13,16H,2-6,8-12H2,1H3,(H2,19,20,21,22). The Bertz CT molecular complexity index is 518. The van der Waals surface area contributed by atoms with Crippen LogP contribution in [0, 0.1) is 6.92 Å². The summed E-state index contributed by atoms with van der Waals surface area (Å²) in [5.41, 5.74) is 1.61. The summed E-state index contributed by atoms with van der Waals surface area (Å²) in [5.74, 6) is 2.76. The Morgan fingerprint density at radius 1 is 1.09 bits per heavy atom. The molecule has 0 aliphatic heterocycles. The van der Waals surface area contributed by atoms with Gasteiger partial charge in [0.25, 0.3) is 0 Å². The minimum atomic E-state index is 0.592. The zero-order chi connectivity index (χ0) is 15.2. The quantitative estimate of drug-likeness (QED) is 0.762. The highest BCUT2D eigenvalue weighted by Gasteiger charge is 2.15. The van der Waals surface area contributed by atoms with Crippen LogP contribution in [0.2, 0.25) is 0 Å². The third kappa shape index (κ3) is 4.46. The zero-order valence-corrected chi connectivity index (χ0v) is 13.7. The van der Waals surface area contributed by atoms with E-state index in [1.165, 1.54) is 51.4 Å². The molecule has 0 saturated heterocycles. The van der Waals surface area contributed by atoms with Crippen molar-refractivity contribution in [3.05, 3.63) is 23.5 Å². The van der Waals surface area contributed by atoms with Gasteiger partial charge < -0.3 is 10.6 Å². The Morgan fingerprint density at radius 3 is 2.68 bits per heavy atom. The molecule has 0 aromatic carbocycles. The third-order valence-electron chi connectivity index (χ3n) is 4.68. The SMILES string of the molecule is Cc1nc(NCCC2=CCCCC2)cc(NC2CCCC2)n1. The molecule has 1 aromatic rings. The van der Waals surface area contributed by atoms with Crippen LogP contribution in [0.1, 0.15) is 63.6 Å². The Labute approximate surface area is 133 Å². The maximum Gasteiger partial charge on any atom is 0.132 e. The van der Waals surface area contributed by atoms with Crippen molar-refractivity contribution in [3.8, 4) is 0 Å². The molecule has 4 nitrogen and oxygen atoms in total. The average Bonchev–Trinajstić information content (AvgIpc) is 3.01. The van der Waals surface area contributed by atoms with E-state index in [0.717, 1.165) is 30.4 Å². The largest absolute Gasteiger partial charge is 0.370 e. The first-order chi connectivity index (χ1) is 10.8. The highest BCUT2D eigenvalue weighted by atomic mass is 15.1. The highest BCUT2D eigenvalue weighted by Crippen LogP contribution is 2.23. The molecule has 0 unspecified atom stereocenters. The molecular weight excluding hydrogens is 272 g/mol. The predicted octanol–water partition coefficient (Wildman–Crippen LogP) is 4.44. The van der Waals surface area contributed by atoms with Crippen molar-refractivity contribution >= 4 is 11.6 Å². The van der Waals surface area contributed by atoms with Crippen LogP contribution in [-0.2, 0) is 0 Å². The lowest BCUT2D eigenvalue weighted by molar-refractivity contribution is 0.679. The summed E-state index contributed by atoms with van der Waals surface area (Å²) in [6, 6.07) is 2.65. The van der Waals surface area contributed by atoms with Crippen LogP contribution in [0.4, 0.5) is 11.6 Å². The smallest absolute Gasteiger partial charge is 0.132 e. The average molecular weight is 300 g/mol. The topological polar surface area (TPSA) is 49.8 Å². The molecule has 1 aromatic heterocycles. The number of rotatable bonds is 6. The van der Waals surface area contributed by atoms with Gasteiger partial charge in [0.05, 0.1) is 0 Å². The summed E-state index contributed by atoms with van der Waals surface area (Å²) in [7, 11) is 0. The number of aryl methyl sites for hydroxylation is 1. The van der Waals surface area contributed by atoms with E-state index in [9.17, 15) is 0 Å². The predicted molar refractivity (Wildman–Crippen MR) is 92.3 cm³/mol. The fraction of sp³-hybridized carbons (Fsp3) is 0.667. The van der Waals surface area contributed by atoms with Gasteiger partial charge >= 0.3 is 0 Å². The van der Waals surface area contributed by atoms with Crippen molar-refractivity contribution in [1.29, 1.82) is 0 Å². The highest BCUT2D eigenvalue weighted by molar-refractivity contribution is 5.48. The fourth-order valence-electron chi connectivity index (χ4n) is 3.49. The van der Waals surface area contributed by atoms with Gasteiger partial charge in [-0.05, 0) is 51.9 Å². The molecule has 0 atom stereocenters. The van der Waals surface area contributed by atoms with Crippen molar-refractivity contribution in [1.82, 2.24) is 9.97 Å². The number of nitrogens with zero attached hydrogens (tertiary/aromatic N) is 2. The summed E-state index contributed by atoms with van der Waals surface area (Å²) in [6.45, 7) is 2.93. The number of aromatic nitrogens is 2. The van der Waals surface area contributed by atoms with Crippen molar-refractivity contribution in [2.45, 2.75) is 70.8 Å². The van der Waals surface area contributed by atoms with Gasteiger partial charge in [0.15, 0.2) is 0 Å². The molecule has 3 rings (SSSR count). The normalized spacial score (nSPS) is 19.0. The first kappa shape index (κ1) is 15.3. The monoisotopic (exact) mass is 300 g/mol. The number of allylic oxidation sites excluding steroid dienone is 1. The first-order valence-electron chi connectivity index (χ1n) is 8.83. The van der Waals surface area contributed by atoms with E-state index in [-0.39, 0.29) is 0 Å². The maximum absolute atomic E-state index is 4.52. The summed E-state index contributed by atoms with van der Waals surface area (Å²) < 4.78 is 0. The van der Waals surface area contributed by atoms with Crippen LogP contribution in [0.3, 0.4) is 0 Å². The van der Waals surface area contributed by atoms with Crippen molar-refractivity contribution in [2.24, 2.45) is 0 Å². The third-order valence-corrected chi connectivity index (χ3v) is 4.68. The summed E-state index contributed by atoms with van der Waals surface area (Å²) >= 11 is 0. The van der Waals surface area contributed by atoms with Gasteiger partial charge in [-0.25, -0.2) is 9.97 Å². The number of nitrogens with one attached hydrogen (secondary N) is 2. The number of hydrogen-bond donors (Lipinski definition) is 2. The Balaban J connectivity index is 1.53. The van der Waals surface area contributed by atoms with Crippen LogP contribution in [0.15, 0.2) is 17.7 Å². The first-order valence-corrected chi connectivity index (χ1v) is 8.83. The molecule has 0 bridgehead atoms.